The van der Waals surface area contributed by atoms with E-state index in [0.717, 1.165) is 73.0 Å². The van der Waals surface area contributed by atoms with E-state index in [1.165, 1.54) is 11.1 Å². The van der Waals surface area contributed by atoms with Crippen molar-refractivity contribution in [3.63, 3.8) is 0 Å². The smallest absolute Gasteiger partial charge is 0.410 e. The summed E-state index contributed by atoms with van der Waals surface area (Å²) in [5, 5.41) is 4.38. The number of piperazine rings is 1. The van der Waals surface area contributed by atoms with Crippen LogP contribution in [0.25, 0.3) is 28.2 Å². The molecule has 44 heavy (non-hydrogen) atoms. The summed E-state index contributed by atoms with van der Waals surface area (Å²) in [5.41, 5.74) is 12.1. The van der Waals surface area contributed by atoms with Crippen molar-refractivity contribution >= 4 is 28.7 Å². The van der Waals surface area contributed by atoms with E-state index in [9.17, 15) is 4.79 Å². The Morgan fingerprint density at radius 1 is 1.09 bits per heavy atom. The maximum absolute atomic E-state index is 12.5. The fourth-order valence-electron chi connectivity index (χ4n) is 6.47. The minimum atomic E-state index is -0.476. The van der Waals surface area contributed by atoms with Gasteiger partial charge in [0.2, 0.25) is 0 Å². The number of carbonyl (C=O) groups is 1. The Balaban J connectivity index is 1.16. The lowest BCUT2D eigenvalue weighted by Gasteiger charge is -2.36. The standard InChI is InChI=1S/C33H39N9O2/c1-33(2,3)44-32(43)40-18-16-39(17-19-40)21-23-8-7-22-20-24(9-10-25(22)23)42-30(26-6-4-13-35-29(26)34)37-27-11-12-28(38-31(27)42)41-15-5-14-36-41/h5-6,9-12,14-15,20,23H,4,7-8,13,16-19,21H2,1-3H3,(H2,34,35). The normalized spacial score (nSPS) is 19.2. The van der Waals surface area contributed by atoms with Gasteiger partial charge in [0, 0.05) is 57.3 Å². The van der Waals surface area contributed by atoms with Crippen LogP contribution in [-0.4, -0.2) is 90.9 Å². The molecule has 1 atom stereocenters. The summed E-state index contributed by atoms with van der Waals surface area (Å²) in [6.45, 7) is 10.5. The first-order valence-corrected chi connectivity index (χ1v) is 15.5. The fraction of sp³-hybridized carbons (Fsp3) is 0.424. The summed E-state index contributed by atoms with van der Waals surface area (Å²) in [6.07, 6.45) is 8.49. The quantitative estimate of drug-likeness (QED) is 0.366. The van der Waals surface area contributed by atoms with Crippen molar-refractivity contribution in [2.24, 2.45) is 10.7 Å². The van der Waals surface area contributed by atoms with Gasteiger partial charge < -0.3 is 15.4 Å². The summed E-state index contributed by atoms with van der Waals surface area (Å²) >= 11 is 0. The lowest BCUT2D eigenvalue weighted by Crippen LogP contribution is -2.50. The predicted octanol–water partition coefficient (Wildman–Crippen LogP) is 4.33. The van der Waals surface area contributed by atoms with Crippen LogP contribution in [0.15, 0.2) is 59.9 Å². The molecule has 4 aromatic rings. The highest BCUT2D eigenvalue weighted by atomic mass is 16.6. The number of aromatic nitrogens is 5. The summed E-state index contributed by atoms with van der Waals surface area (Å²) in [7, 11) is 0. The van der Waals surface area contributed by atoms with Crippen LogP contribution < -0.4 is 5.73 Å². The van der Waals surface area contributed by atoms with Gasteiger partial charge in [-0.25, -0.2) is 19.4 Å². The van der Waals surface area contributed by atoms with E-state index in [0.29, 0.717) is 31.4 Å². The number of amidine groups is 1. The van der Waals surface area contributed by atoms with Gasteiger partial charge in [-0.3, -0.25) is 14.5 Å². The van der Waals surface area contributed by atoms with E-state index in [1.807, 2.05) is 50.1 Å². The molecule has 228 valence electrons. The van der Waals surface area contributed by atoms with E-state index in [-0.39, 0.29) is 6.09 Å². The largest absolute Gasteiger partial charge is 0.444 e. The molecule has 11 nitrogen and oxygen atoms in total. The van der Waals surface area contributed by atoms with Crippen molar-refractivity contribution in [2.75, 3.05) is 39.3 Å². The van der Waals surface area contributed by atoms with Crippen LogP contribution in [0, 0.1) is 0 Å². The number of hydrogen-bond acceptors (Lipinski definition) is 8. The molecule has 11 heteroatoms. The van der Waals surface area contributed by atoms with Crippen molar-refractivity contribution in [1.82, 2.24) is 34.1 Å². The molecule has 3 aliphatic rings. The van der Waals surface area contributed by atoms with Gasteiger partial charge >= 0.3 is 6.09 Å². The Morgan fingerprint density at radius 2 is 1.93 bits per heavy atom. The molecule has 5 heterocycles. The first-order valence-electron chi connectivity index (χ1n) is 15.5. The lowest BCUT2D eigenvalue weighted by molar-refractivity contribution is 0.0141. The van der Waals surface area contributed by atoms with E-state index in [1.54, 1.807) is 10.9 Å². The maximum atomic E-state index is 12.5. The van der Waals surface area contributed by atoms with Crippen LogP contribution in [0.5, 0.6) is 0 Å². The number of aliphatic imine (C=N–C) groups is 1. The maximum Gasteiger partial charge on any atom is 0.410 e. The Hall–Kier alpha value is -4.51. The molecule has 1 aromatic carbocycles. The molecular weight excluding hydrogens is 554 g/mol. The molecule has 2 aliphatic heterocycles. The number of nitrogens with zero attached hydrogens (tertiary/aromatic N) is 8. The molecule has 0 saturated carbocycles. The number of hydrogen-bond donors (Lipinski definition) is 1. The van der Waals surface area contributed by atoms with Gasteiger partial charge in [0.15, 0.2) is 11.5 Å². The number of rotatable bonds is 5. The van der Waals surface area contributed by atoms with Crippen LogP contribution in [-0.2, 0) is 11.2 Å². The summed E-state index contributed by atoms with van der Waals surface area (Å²) in [5.74, 6) is 2.44. The zero-order valence-electron chi connectivity index (χ0n) is 25.6. The highest BCUT2D eigenvalue weighted by Gasteiger charge is 2.30. The minimum Gasteiger partial charge on any atom is -0.444 e. The van der Waals surface area contributed by atoms with E-state index >= 15 is 0 Å². The Bertz CT molecular complexity index is 1760. The lowest BCUT2D eigenvalue weighted by atomic mass is 10.00. The van der Waals surface area contributed by atoms with Gasteiger partial charge in [-0.15, -0.1) is 0 Å². The Kier molecular flexibility index (Phi) is 7.20. The molecule has 7 rings (SSSR count). The van der Waals surface area contributed by atoms with Crippen molar-refractivity contribution in [3.05, 3.63) is 71.8 Å². The molecule has 1 saturated heterocycles. The molecule has 2 N–H and O–H groups in total. The van der Waals surface area contributed by atoms with Crippen molar-refractivity contribution in [3.8, 4) is 11.5 Å². The minimum absolute atomic E-state index is 0.217. The van der Waals surface area contributed by atoms with Crippen LogP contribution in [0.1, 0.15) is 56.5 Å². The first kappa shape index (κ1) is 28.3. The van der Waals surface area contributed by atoms with Crippen molar-refractivity contribution in [2.45, 2.75) is 51.6 Å². The molecule has 3 aromatic heterocycles. The van der Waals surface area contributed by atoms with Gasteiger partial charge in [0.05, 0.1) is 5.57 Å². The van der Waals surface area contributed by atoms with E-state index < -0.39 is 5.60 Å². The summed E-state index contributed by atoms with van der Waals surface area (Å²) in [4.78, 5) is 31.3. The molecular formula is C33H39N9O2. The Labute approximate surface area is 257 Å². The third-order valence-electron chi connectivity index (χ3n) is 8.59. The van der Waals surface area contributed by atoms with Gasteiger partial charge in [-0.05, 0) is 87.4 Å². The molecule has 0 radical (unpaired) electrons. The molecule has 1 aliphatic carbocycles. The monoisotopic (exact) mass is 593 g/mol. The highest BCUT2D eigenvalue weighted by molar-refractivity contribution is 6.22. The second-order valence-electron chi connectivity index (χ2n) is 12.8. The van der Waals surface area contributed by atoms with E-state index in [4.69, 9.17) is 20.4 Å². The van der Waals surface area contributed by atoms with Gasteiger partial charge in [0.1, 0.15) is 22.8 Å². The first-order chi connectivity index (χ1) is 21.2. The topological polar surface area (TPSA) is 120 Å². The molecule has 0 bridgehead atoms. The second kappa shape index (κ2) is 11.2. The third kappa shape index (κ3) is 5.47. The number of carbonyl (C=O) groups excluding carboxylic acids is 1. The zero-order chi connectivity index (χ0) is 30.4. The number of ether oxygens (including phenoxy) is 1. The number of imidazole rings is 1. The number of aryl methyl sites for hydroxylation is 1. The fourth-order valence-corrected chi connectivity index (χ4v) is 6.47. The van der Waals surface area contributed by atoms with Gasteiger partial charge in [-0.2, -0.15) is 5.10 Å². The third-order valence-corrected chi connectivity index (χ3v) is 8.59. The summed E-state index contributed by atoms with van der Waals surface area (Å²) in [6, 6.07) is 12.6. The summed E-state index contributed by atoms with van der Waals surface area (Å²) < 4.78 is 9.45. The molecule has 1 amide bonds. The number of fused-ring (bicyclic) bond motifs is 2. The van der Waals surface area contributed by atoms with Crippen LogP contribution >= 0.6 is 0 Å². The number of amides is 1. The zero-order valence-corrected chi connectivity index (χ0v) is 25.6. The van der Waals surface area contributed by atoms with Crippen LogP contribution in [0.4, 0.5) is 4.79 Å². The SMILES string of the molecule is CC(C)(C)OC(=O)N1CCN(CC2CCc3cc(-n4c(C5=CCCN=C5N)nc5ccc(-n6cccn6)nc54)ccc32)CC1. The average Bonchev–Trinajstić information content (AvgIpc) is 3.76. The highest BCUT2D eigenvalue weighted by Crippen LogP contribution is 2.37. The van der Waals surface area contributed by atoms with E-state index in [2.05, 4.69) is 43.8 Å². The Morgan fingerprint density at radius 3 is 2.68 bits per heavy atom. The number of pyridine rings is 1. The van der Waals surface area contributed by atoms with Crippen molar-refractivity contribution < 1.29 is 9.53 Å². The second-order valence-corrected chi connectivity index (χ2v) is 12.8. The molecule has 0 spiro atoms. The van der Waals surface area contributed by atoms with Gasteiger partial charge in [-0.1, -0.05) is 12.1 Å². The van der Waals surface area contributed by atoms with Crippen LogP contribution in [0.3, 0.4) is 0 Å². The molecule has 1 fully saturated rings. The van der Waals surface area contributed by atoms with Crippen molar-refractivity contribution in [1.29, 1.82) is 0 Å². The number of benzene rings is 1. The van der Waals surface area contributed by atoms with Crippen LogP contribution in [0.2, 0.25) is 0 Å². The molecule has 1 unspecified atom stereocenters. The number of nitrogens with two attached hydrogens (primary N) is 1. The van der Waals surface area contributed by atoms with Gasteiger partial charge in [0.25, 0.3) is 0 Å². The predicted molar refractivity (Wildman–Crippen MR) is 170 cm³/mol. The average molecular weight is 594 g/mol. The number of dihydropyridines is 1.